The van der Waals surface area contributed by atoms with E-state index in [9.17, 15) is 5.11 Å². The fourth-order valence-corrected chi connectivity index (χ4v) is 2.70. The second-order valence-electron chi connectivity index (χ2n) is 5.05. The Bertz CT molecular complexity index is 334. The van der Waals surface area contributed by atoms with Gasteiger partial charge in [0.25, 0.3) is 0 Å². The SMILES string of the molecule is CCCc1nccn1C1CC(C)CCC1O. The molecule has 3 atom stereocenters. The summed E-state index contributed by atoms with van der Waals surface area (Å²) in [5, 5.41) is 10.1. The van der Waals surface area contributed by atoms with E-state index in [4.69, 9.17) is 0 Å². The highest BCUT2D eigenvalue weighted by atomic mass is 16.3. The van der Waals surface area contributed by atoms with Gasteiger partial charge in [-0.1, -0.05) is 13.8 Å². The number of hydrogen-bond acceptors (Lipinski definition) is 2. The number of hydrogen-bond donors (Lipinski definition) is 1. The lowest BCUT2D eigenvalue weighted by Crippen LogP contribution is -2.31. The van der Waals surface area contributed by atoms with Gasteiger partial charge in [-0.15, -0.1) is 0 Å². The molecular formula is C13H22N2O. The third-order valence-corrected chi connectivity index (χ3v) is 3.62. The second-order valence-corrected chi connectivity index (χ2v) is 5.05. The summed E-state index contributed by atoms with van der Waals surface area (Å²) >= 11 is 0. The van der Waals surface area contributed by atoms with E-state index in [2.05, 4.69) is 23.4 Å². The molecule has 1 heterocycles. The van der Waals surface area contributed by atoms with Crippen LogP contribution in [0.15, 0.2) is 12.4 Å². The van der Waals surface area contributed by atoms with Crippen molar-refractivity contribution in [1.29, 1.82) is 0 Å². The molecule has 0 radical (unpaired) electrons. The summed E-state index contributed by atoms with van der Waals surface area (Å²) in [6.45, 7) is 4.44. The van der Waals surface area contributed by atoms with E-state index >= 15 is 0 Å². The summed E-state index contributed by atoms with van der Waals surface area (Å²) < 4.78 is 2.20. The van der Waals surface area contributed by atoms with Gasteiger partial charge in [0.05, 0.1) is 12.1 Å². The third-order valence-electron chi connectivity index (χ3n) is 3.62. The first-order valence-electron chi connectivity index (χ1n) is 6.42. The van der Waals surface area contributed by atoms with Crippen LogP contribution in [0, 0.1) is 5.92 Å². The molecule has 0 spiro atoms. The van der Waals surface area contributed by atoms with Crippen molar-refractivity contribution in [3.8, 4) is 0 Å². The molecule has 0 aromatic carbocycles. The number of aromatic nitrogens is 2. The molecule has 0 amide bonds. The lowest BCUT2D eigenvalue weighted by Gasteiger charge is -2.33. The largest absolute Gasteiger partial charge is 0.391 e. The summed E-state index contributed by atoms with van der Waals surface area (Å²) in [6.07, 6.45) is 8.95. The molecule has 1 aromatic rings. The van der Waals surface area contributed by atoms with E-state index in [0.717, 1.165) is 37.9 Å². The molecule has 1 aliphatic carbocycles. The molecule has 1 aromatic heterocycles. The zero-order valence-electron chi connectivity index (χ0n) is 10.3. The summed E-state index contributed by atoms with van der Waals surface area (Å²) in [5.74, 6) is 1.84. The molecule has 2 rings (SSSR count). The fourth-order valence-electron chi connectivity index (χ4n) is 2.70. The standard InChI is InChI=1S/C13H22N2O/c1-3-4-13-14-7-8-15(13)11-9-10(2)5-6-12(11)16/h7-8,10-12,16H,3-6,9H2,1-2H3. The normalized spacial score (nSPS) is 30.6. The van der Waals surface area contributed by atoms with Crippen LogP contribution in [0.2, 0.25) is 0 Å². The predicted molar refractivity (Wildman–Crippen MR) is 64.3 cm³/mol. The van der Waals surface area contributed by atoms with Crippen LogP contribution in [0.3, 0.4) is 0 Å². The molecule has 16 heavy (non-hydrogen) atoms. The van der Waals surface area contributed by atoms with E-state index < -0.39 is 0 Å². The van der Waals surface area contributed by atoms with E-state index in [1.54, 1.807) is 0 Å². The maximum atomic E-state index is 10.1. The van der Waals surface area contributed by atoms with Gasteiger partial charge in [0.15, 0.2) is 0 Å². The Morgan fingerprint density at radius 1 is 1.50 bits per heavy atom. The molecule has 1 saturated carbocycles. The smallest absolute Gasteiger partial charge is 0.108 e. The van der Waals surface area contributed by atoms with Crippen LogP contribution in [-0.2, 0) is 6.42 Å². The Kier molecular flexibility index (Phi) is 3.64. The maximum Gasteiger partial charge on any atom is 0.108 e. The van der Waals surface area contributed by atoms with Gasteiger partial charge in [0.2, 0.25) is 0 Å². The Morgan fingerprint density at radius 3 is 3.06 bits per heavy atom. The first-order chi connectivity index (χ1) is 7.72. The molecule has 1 N–H and O–H groups in total. The quantitative estimate of drug-likeness (QED) is 0.853. The lowest BCUT2D eigenvalue weighted by atomic mass is 9.85. The Hall–Kier alpha value is -0.830. The van der Waals surface area contributed by atoms with Crippen LogP contribution in [0.1, 0.15) is 51.4 Å². The fraction of sp³-hybridized carbons (Fsp3) is 0.769. The number of aryl methyl sites for hydroxylation is 1. The van der Waals surface area contributed by atoms with Crippen molar-refractivity contribution in [2.75, 3.05) is 0 Å². The van der Waals surface area contributed by atoms with Crippen LogP contribution >= 0.6 is 0 Å². The molecule has 0 aliphatic heterocycles. The molecule has 90 valence electrons. The molecule has 3 unspecified atom stereocenters. The Balaban J connectivity index is 2.17. The maximum absolute atomic E-state index is 10.1. The molecule has 1 aliphatic rings. The minimum absolute atomic E-state index is 0.194. The van der Waals surface area contributed by atoms with Gasteiger partial charge in [-0.25, -0.2) is 4.98 Å². The van der Waals surface area contributed by atoms with Crippen LogP contribution in [0.5, 0.6) is 0 Å². The van der Waals surface area contributed by atoms with Crippen molar-refractivity contribution in [2.45, 2.75) is 58.1 Å². The topological polar surface area (TPSA) is 38.0 Å². The molecule has 3 heteroatoms. The van der Waals surface area contributed by atoms with E-state index in [0.29, 0.717) is 5.92 Å². The van der Waals surface area contributed by atoms with Crippen molar-refractivity contribution < 1.29 is 5.11 Å². The van der Waals surface area contributed by atoms with Crippen LogP contribution < -0.4 is 0 Å². The van der Waals surface area contributed by atoms with Crippen molar-refractivity contribution in [2.24, 2.45) is 5.92 Å². The van der Waals surface area contributed by atoms with Gasteiger partial charge in [0, 0.05) is 18.8 Å². The minimum Gasteiger partial charge on any atom is -0.391 e. The highest BCUT2D eigenvalue weighted by Crippen LogP contribution is 2.33. The number of imidazole rings is 1. The van der Waals surface area contributed by atoms with Crippen LogP contribution in [0.25, 0.3) is 0 Å². The summed E-state index contributed by atoms with van der Waals surface area (Å²) in [5.41, 5.74) is 0. The van der Waals surface area contributed by atoms with Gasteiger partial charge in [-0.2, -0.15) is 0 Å². The van der Waals surface area contributed by atoms with E-state index in [1.807, 2.05) is 12.4 Å². The van der Waals surface area contributed by atoms with Crippen molar-refractivity contribution in [3.05, 3.63) is 18.2 Å². The zero-order valence-corrected chi connectivity index (χ0v) is 10.3. The second kappa shape index (κ2) is 5.00. The summed E-state index contributed by atoms with van der Waals surface area (Å²) in [4.78, 5) is 4.39. The molecule has 0 bridgehead atoms. The molecule has 3 nitrogen and oxygen atoms in total. The van der Waals surface area contributed by atoms with Gasteiger partial charge in [0.1, 0.15) is 5.82 Å². The van der Waals surface area contributed by atoms with Gasteiger partial charge in [-0.3, -0.25) is 0 Å². The Morgan fingerprint density at radius 2 is 2.31 bits per heavy atom. The summed E-state index contributed by atoms with van der Waals surface area (Å²) in [7, 11) is 0. The zero-order chi connectivity index (χ0) is 11.5. The van der Waals surface area contributed by atoms with Crippen molar-refractivity contribution >= 4 is 0 Å². The minimum atomic E-state index is -0.194. The lowest BCUT2D eigenvalue weighted by molar-refractivity contribution is 0.0564. The Labute approximate surface area is 97.5 Å². The van der Waals surface area contributed by atoms with Gasteiger partial charge in [-0.05, 0) is 31.6 Å². The van der Waals surface area contributed by atoms with Gasteiger partial charge >= 0.3 is 0 Å². The first kappa shape index (κ1) is 11.6. The highest BCUT2D eigenvalue weighted by Gasteiger charge is 2.29. The monoisotopic (exact) mass is 222 g/mol. The van der Waals surface area contributed by atoms with Gasteiger partial charge < -0.3 is 9.67 Å². The van der Waals surface area contributed by atoms with Crippen molar-refractivity contribution in [3.63, 3.8) is 0 Å². The highest BCUT2D eigenvalue weighted by molar-refractivity contribution is 4.98. The third kappa shape index (κ3) is 2.29. The van der Waals surface area contributed by atoms with Crippen LogP contribution in [-0.4, -0.2) is 20.8 Å². The summed E-state index contributed by atoms with van der Waals surface area (Å²) in [6, 6.07) is 0.243. The molecule has 0 saturated heterocycles. The molecule has 1 fully saturated rings. The number of nitrogens with zero attached hydrogens (tertiary/aromatic N) is 2. The van der Waals surface area contributed by atoms with E-state index in [1.165, 1.54) is 0 Å². The predicted octanol–water partition coefficient (Wildman–Crippen LogP) is 2.56. The van der Waals surface area contributed by atoms with Crippen molar-refractivity contribution in [1.82, 2.24) is 9.55 Å². The average molecular weight is 222 g/mol. The average Bonchev–Trinajstić information content (AvgIpc) is 2.70. The first-order valence-corrected chi connectivity index (χ1v) is 6.42. The van der Waals surface area contributed by atoms with E-state index in [-0.39, 0.29) is 12.1 Å². The number of aliphatic hydroxyl groups excluding tert-OH is 1. The number of rotatable bonds is 3. The molecular weight excluding hydrogens is 200 g/mol. The number of aliphatic hydroxyl groups is 1. The van der Waals surface area contributed by atoms with Crippen LogP contribution in [0.4, 0.5) is 0 Å².